The van der Waals surface area contributed by atoms with E-state index in [9.17, 15) is 9.90 Å². The molecule has 0 aliphatic carbocycles. The van der Waals surface area contributed by atoms with Crippen molar-refractivity contribution in [1.82, 2.24) is 9.80 Å². The van der Waals surface area contributed by atoms with Crippen LogP contribution in [-0.4, -0.2) is 79.9 Å². The number of β-amino-alcohol motifs (C(OH)–C–C–N with tert-alkyl or cyclic N) is 1. The molecule has 1 aliphatic rings. The fraction of sp³-hybridized carbons (Fsp3) is 0.458. The number of hydrogen-bond donors (Lipinski definition) is 2. The molecule has 1 aliphatic heterocycles. The summed E-state index contributed by atoms with van der Waals surface area (Å²) in [5, 5.41) is 13.5. The van der Waals surface area contributed by atoms with Gasteiger partial charge in [-0.3, -0.25) is 14.6 Å². The van der Waals surface area contributed by atoms with E-state index in [1.165, 1.54) is 7.11 Å². The van der Waals surface area contributed by atoms with Crippen molar-refractivity contribution in [2.24, 2.45) is 0 Å². The summed E-state index contributed by atoms with van der Waals surface area (Å²) in [4.78, 5) is 16.6. The number of nitrogens with zero attached hydrogens (tertiary/aromatic N) is 2. The summed E-state index contributed by atoms with van der Waals surface area (Å²) in [5.41, 5.74) is 2.93. The van der Waals surface area contributed by atoms with Gasteiger partial charge in [-0.2, -0.15) is 0 Å². The van der Waals surface area contributed by atoms with E-state index >= 15 is 0 Å². The molecule has 0 spiro atoms. The summed E-state index contributed by atoms with van der Waals surface area (Å²) < 4.78 is 27.0. The Hall–Kier alpha value is -2.61. The number of para-hydroxylation sites is 3. The zero-order chi connectivity index (χ0) is 24.0. The van der Waals surface area contributed by atoms with Crippen molar-refractivity contribution in [2.45, 2.75) is 20.0 Å². The van der Waals surface area contributed by atoms with E-state index in [0.29, 0.717) is 38.5 Å². The molecule has 0 saturated carbocycles. The number of carbonyl (C=O) groups is 1. The lowest BCUT2D eigenvalue weighted by molar-refractivity contribution is -0.117. The van der Waals surface area contributed by atoms with Gasteiger partial charge in [0.1, 0.15) is 12.7 Å². The van der Waals surface area contributed by atoms with Gasteiger partial charge >= 0.3 is 0 Å². The van der Waals surface area contributed by atoms with Crippen LogP contribution in [0.3, 0.4) is 0 Å². The average molecular weight is 430 g/mol. The molecule has 1 fully saturated rings. The summed E-state index contributed by atoms with van der Waals surface area (Å²) >= 11 is 0. The number of aryl methyl sites for hydroxylation is 2. The largest absolute Gasteiger partial charge is 0.493 e. The Balaban J connectivity index is 1.47. The quantitative estimate of drug-likeness (QED) is 0.637. The summed E-state index contributed by atoms with van der Waals surface area (Å²) in [6.07, 6.45) is -1.35. The number of benzene rings is 2. The van der Waals surface area contributed by atoms with E-state index in [4.69, 9.17) is 12.2 Å². The highest BCUT2D eigenvalue weighted by molar-refractivity contribution is 5.93. The minimum atomic E-state index is -2.28. The minimum absolute atomic E-state index is 0.0533. The van der Waals surface area contributed by atoms with Crippen LogP contribution in [0.5, 0.6) is 11.5 Å². The summed E-state index contributed by atoms with van der Waals surface area (Å²) in [6, 6.07) is 12.7. The number of methoxy groups -OCH3 is 1. The number of amides is 1. The molecule has 7 nitrogen and oxygen atoms in total. The van der Waals surface area contributed by atoms with Crippen molar-refractivity contribution in [3.8, 4) is 11.5 Å². The molecular weight excluding hydrogens is 394 g/mol. The first-order valence-corrected chi connectivity index (χ1v) is 10.5. The number of carbonyl (C=O) groups excluding carboxylic acids is 1. The van der Waals surface area contributed by atoms with Crippen LogP contribution in [0.15, 0.2) is 42.5 Å². The van der Waals surface area contributed by atoms with Crippen LogP contribution >= 0.6 is 0 Å². The van der Waals surface area contributed by atoms with Crippen molar-refractivity contribution < 1.29 is 22.1 Å². The van der Waals surface area contributed by atoms with E-state index in [-0.39, 0.29) is 18.2 Å². The van der Waals surface area contributed by atoms with Gasteiger partial charge in [0, 0.05) is 38.4 Å². The first-order valence-electron chi connectivity index (χ1n) is 11.5. The fourth-order valence-corrected chi connectivity index (χ4v) is 3.64. The van der Waals surface area contributed by atoms with E-state index in [1.54, 1.807) is 24.3 Å². The first-order chi connectivity index (χ1) is 15.7. The monoisotopic (exact) mass is 429 g/mol. The third-order valence-electron chi connectivity index (χ3n) is 5.38. The van der Waals surface area contributed by atoms with Crippen molar-refractivity contribution in [2.75, 3.05) is 58.3 Å². The van der Waals surface area contributed by atoms with Crippen molar-refractivity contribution in [1.29, 1.82) is 0 Å². The number of piperazine rings is 1. The molecule has 0 aromatic heterocycles. The normalized spacial score (nSPS) is 17.4. The van der Waals surface area contributed by atoms with Gasteiger partial charge in [0.05, 0.1) is 16.4 Å². The Labute approximate surface area is 187 Å². The van der Waals surface area contributed by atoms with Crippen LogP contribution in [0.1, 0.15) is 13.9 Å². The maximum absolute atomic E-state index is 12.5. The fourth-order valence-electron chi connectivity index (χ4n) is 3.64. The van der Waals surface area contributed by atoms with E-state index < -0.39 is 12.7 Å². The Morgan fingerprint density at radius 2 is 1.68 bits per heavy atom. The SMILES string of the molecule is [2H]C([2H])(Oc1ccccc1OC)C(O)CN1CCN(CC(=O)Nc2c(C)cccc2C)CC1. The second-order valence-corrected chi connectivity index (χ2v) is 7.78. The molecule has 1 atom stereocenters. The number of aliphatic hydroxyl groups excluding tert-OH is 1. The van der Waals surface area contributed by atoms with Crippen LogP contribution in [0.25, 0.3) is 0 Å². The Morgan fingerprint density at radius 3 is 2.32 bits per heavy atom. The second kappa shape index (κ2) is 11.1. The predicted molar refractivity (Wildman–Crippen MR) is 122 cm³/mol. The third-order valence-corrected chi connectivity index (χ3v) is 5.38. The third kappa shape index (κ3) is 6.69. The van der Waals surface area contributed by atoms with Crippen LogP contribution in [0.4, 0.5) is 5.69 Å². The van der Waals surface area contributed by atoms with Crippen molar-refractivity contribution in [3.63, 3.8) is 0 Å². The van der Waals surface area contributed by atoms with Gasteiger partial charge in [0.25, 0.3) is 0 Å². The molecule has 1 saturated heterocycles. The highest BCUT2D eigenvalue weighted by atomic mass is 16.5. The molecule has 2 aromatic rings. The Morgan fingerprint density at radius 1 is 1.06 bits per heavy atom. The van der Waals surface area contributed by atoms with Gasteiger partial charge in [-0.15, -0.1) is 0 Å². The standard InChI is InChI=1S/C24H33N3O4/c1-18-7-6-8-19(2)24(18)25-23(29)16-27-13-11-26(12-14-27)15-20(28)17-31-22-10-5-4-9-21(22)30-3/h4-10,20,28H,11-17H2,1-3H3,(H,25,29)/i17D2. The molecule has 168 valence electrons. The lowest BCUT2D eigenvalue weighted by atomic mass is 10.1. The van der Waals surface area contributed by atoms with Crippen LogP contribution in [0.2, 0.25) is 0 Å². The minimum Gasteiger partial charge on any atom is -0.493 e. The Kier molecular flexibility index (Phi) is 7.29. The Bertz CT molecular complexity index is 929. The van der Waals surface area contributed by atoms with Crippen LogP contribution in [0, 0.1) is 13.8 Å². The molecule has 0 bridgehead atoms. The summed E-state index contributed by atoms with van der Waals surface area (Å²) in [5.74, 6) is 0.590. The zero-order valence-electron chi connectivity index (χ0n) is 20.4. The zero-order valence-corrected chi connectivity index (χ0v) is 18.4. The molecule has 2 aromatic carbocycles. The molecule has 2 N–H and O–H groups in total. The number of ether oxygens (including phenoxy) is 2. The topological polar surface area (TPSA) is 74.3 Å². The number of aliphatic hydroxyl groups is 1. The van der Waals surface area contributed by atoms with Crippen LogP contribution in [-0.2, 0) is 4.79 Å². The van der Waals surface area contributed by atoms with E-state index in [1.807, 2.05) is 36.9 Å². The molecular formula is C24H33N3O4. The smallest absolute Gasteiger partial charge is 0.238 e. The lowest BCUT2D eigenvalue weighted by Gasteiger charge is -2.35. The molecule has 31 heavy (non-hydrogen) atoms. The highest BCUT2D eigenvalue weighted by Crippen LogP contribution is 2.25. The van der Waals surface area contributed by atoms with Gasteiger partial charge in [-0.1, -0.05) is 30.3 Å². The summed E-state index contributed by atoms with van der Waals surface area (Å²) in [7, 11) is 1.48. The average Bonchev–Trinajstić information content (AvgIpc) is 2.78. The van der Waals surface area contributed by atoms with Gasteiger partial charge in [0.15, 0.2) is 11.5 Å². The second-order valence-electron chi connectivity index (χ2n) is 7.78. The van der Waals surface area contributed by atoms with Crippen LogP contribution < -0.4 is 14.8 Å². The molecule has 7 heteroatoms. The van der Waals surface area contributed by atoms with Gasteiger partial charge in [0.2, 0.25) is 5.91 Å². The predicted octanol–water partition coefficient (Wildman–Crippen LogP) is 2.31. The molecule has 1 amide bonds. The number of anilines is 1. The highest BCUT2D eigenvalue weighted by Gasteiger charge is 2.21. The van der Waals surface area contributed by atoms with E-state index in [0.717, 1.165) is 16.8 Å². The van der Waals surface area contributed by atoms with Gasteiger partial charge in [-0.25, -0.2) is 0 Å². The van der Waals surface area contributed by atoms with Gasteiger partial charge < -0.3 is 19.9 Å². The number of nitrogens with one attached hydrogen (secondary N) is 1. The molecule has 0 radical (unpaired) electrons. The molecule has 3 rings (SSSR count). The van der Waals surface area contributed by atoms with E-state index in [2.05, 4.69) is 10.2 Å². The van der Waals surface area contributed by atoms with Crippen molar-refractivity contribution in [3.05, 3.63) is 53.6 Å². The lowest BCUT2D eigenvalue weighted by Crippen LogP contribution is -2.50. The summed E-state index contributed by atoms with van der Waals surface area (Å²) in [6.45, 7) is 4.65. The van der Waals surface area contributed by atoms with Crippen molar-refractivity contribution >= 4 is 11.6 Å². The first kappa shape index (κ1) is 20.3. The molecule has 1 unspecified atom stereocenters. The number of hydrogen-bond acceptors (Lipinski definition) is 6. The number of rotatable bonds is 9. The maximum Gasteiger partial charge on any atom is 0.238 e. The maximum atomic E-state index is 12.5. The molecule has 1 heterocycles. The van der Waals surface area contributed by atoms with Gasteiger partial charge in [-0.05, 0) is 37.1 Å².